The molecule has 5 nitrogen and oxygen atoms in total. The Balaban J connectivity index is 1.81. The highest BCUT2D eigenvalue weighted by atomic mass is 16.6. The van der Waals surface area contributed by atoms with E-state index in [4.69, 9.17) is 4.74 Å². The van der Waals surface area contributed by atoms with Crippen LogP contribution in [0.5, 0.6) is 0 Å². The van der Waals surface area contributed by atoms with Crippen LogP contribution in [0.15, 0.2) is 48.5 Å². The topological polar surface area (TPSA) is 66.8 Å². The third kappa shape index (κ3) is 3.07. The van der Waals surface area contributed by atoms with Crippen molar-refractivity contribution in [2.45, 2.75) is 38.1 Å². The number of carboxylic acid groups (broad SMARTS) is 1. The minimum absolute atomic E-state index is 0.0442. The standard InChI is InChI=1S/C22H25NO4/c1-4-22(5-2,20(24)25)23(3)21(26)27-14-19-17-12-8-6-10-15(17)16-11-7-9-13-18(16)19/h6-13,19H,4-5,14H2,1-3H3,(H,24,25). The minimum Gasteiger partial charge on any atom is -0.479 e. The molecular weight excluding hydrogens is 342 g/mol. The van der Waals surface area contributed by atoms with Crippen LogP contribution in [0.25, 0.3) is 11.1 Å². The molecule has 2 aromatic carbocycles. The van der Waals surface area contributed by atoms with Crippen molar-refractivity contribution in [3.8, 4) is 11.1 Å². The average molecular weight is 367 g/mol. The lowest BCUT2D eigenvalue weighted by atomic mass is 9.91. The van der Waals surface area contributed by atoms with E-state index >= 15 is 0 Å². The summed E-state index contributed by atoms with van der Waals surface area (Å²) in [5.41, 5.74) is 3.33. The van der Waals surface area contributed by atoms with Crippen molar-refractivity contribution in [3.05, 3.63) is 59.7 Å². The van der Waals surface area contributed by atoms with Crippen molar-refractivity contribution in [2.75, 3.05) is 13.7 Å². The number of carbonyl (C=O) groups excluding carboxylic acids is 1. The predicted molar refractivity (Wildman–Crippen MR) is 104 cm³/mol. The van der Waals surface area contributed by atoms with Crippen LogP contribution < -0.4 is 0 Å². The van der Waals surface area contributed by atoms with Crippen molar-refractivity contribution in [3.63, 3.8) is 0 Å². The van der Waals surface area contributed by atoms with Gasteiger partial charge in [0.1, 0.15) is 12.1 Å². The molecule has 0 unspecified atom stereocenters. The van der Waals surface area contributed by atoms with Crippen molar-refractivity contribution in [1.82, 2.24) is 4.90 Å². The molecule has 1 aliphatic rings. The van der Waals surface area contributed by atoms with Gasteiger partial charge in [-0.15, -0.1) is 0 Å². The first-order valence-corrected chi connectivity index (χ1v) is 9.28. The molecule has 2 aromatic rings. The van der Waals surface area contributed by atoms with Gasteiger partial charge in [-0.1, -0.05) is 62.4 Å². The summed E-state index contributed by atoms with van der Waals surface area (Å²) in [7, 11) is 1.50. The summed E-state index contributed by atoms with van der Waals surface area (Å²) in [6, 6.07) is 16.2. The van der Waals surface area contributed by atoms with Gasteiger partial charge in [0, 0.05) is 13.0 Å². The molecule has 0 saturated heterocycles. The normalized spacial score (nSPS) is 13.0. The molecule has 0 heterocycles. The molecule has 27 heavy (non-hydrogen) atoms. The fraction of sp³-hybridized carbons (Fsp3) is 0.364. The summed E-state index contributed by atoms with van der Waals surface area (Å²) in [4.78, 5) is 25.6. The Morgan fingerprint density at radius 3 is 1.93 bits per heavy atom. The van der Waals surface area contributed by atoms with Gasteiger partial charge in [0.15, 0.2) is 0 Å². The molecule has 0 aromatic heterocycles. The van der Waals surface area contributed by atoms with Crippen molar-refractivity contribution >= 4 is 12.1 Å². The Morgan fingerprint density at radius 1 is 1.00 bits per heavy atom. The fourth-order valence-electron chi connectivity index (χ4n) is 4.04. The van der Waals surface area contributed by atoms with Crippen molar-refractivity contribution in [2.24, 2.45) is 0 Å². The van der Waals surface area contributed by atoms with Gasteiger partial charge < -0.3 is 9.84 Å². The summed E-state index contributed by atoms with van der Waals surface area (Å²) in [5, 5.41) is 9.63. The molecule has 142 valence electrons. The molecule has 5 heteroatoms. The molecule has 1 amide bonds. The monoisotopic (exact) mass is 367 g/mol. The quantitative estimate of drug-likeness (QED) is 0.816. The lowest BCUT2D eigenvalue weighted by Crippen LogP contribution is -2.54. The molecule has 0 radical (unpaired) electrons. The second-order valence-corrected chi connectivity index (χ2v) is 6.91. The van der Waals surface area contributed by atoms with E-state index in [9.17, 15) is 14.7 Å². The fourth-order valence-corrected chi connectivity index (χ4v) is 4.04. The average Bonchev–Trinajstić information content (AvgIpc) is 3.01. The Hall–Kier alpha value is -2.82. The number of carboxylic acids is 1. The number of rotatable bonds is 6. The van der Waals surface area contributed by atoms with Gasteiger partial charge in [-0.3, -0.25) is 4.90 Å². The summed E-state index contributed by atoms with van der Waals surface area (Å²) in [6.07, 6.45) is 0.0296. The van der Waals surface area contributed by atoms with Crippen molar-refractivity contribution < 1.29 is 19.4 Å². The van der Waals surface area contributed by atoms with Crippen molar-refractivity contribution in [1.29, 1.82) is 0 Å². The van der Waals surface area contributed by atoms with Gasteiger partial charge in [0.25, 0.3) is 0 Å². The van der Waals surface area contributed by atoms with E-state index < -0.39 is 17.6 Å². The maximum absolute atomic E-state index is 12.6. The summed E-state index contributed by atoms with van der Waals surface area (Å²) in [5.74, 6) is -1.05. The van der Waals surface area contributed by atoms with Crippen LogP contribution in [-0.2, 0) is 9.53 Å². The van der Waals surface area contributed by atoms with Crippen LogP contribution in [0.4, 0.5) is 4.79 Å². The Bertz CT molecular complexity index is 811. The molecule has 1 N–H and O–H groups in total. The summed E-state index contributed by atoms with van der Waals surface area (Å²) < 4.78 is 5.58. The molecule has 0 saturated carbocycles. The second-order valence-electron chi connectivity index (χ2n) is 6.91. The number of ether oxygens (including phenoxy) is 1. The van der Waals surface area contributed by atoms with Crippen LogP contribution in [-0.4, -0.2) is 41.3 Å². The maximum atomic E-state index is 12.6. The van der Waals surface area contributed by atoms with E-state index in [-0.39, 0.29) is 12.5 Å². The highest BCUT2D eigenvalue weighted by Crippen LogP contribution is 2.44. The minimum atomic E-state index is -1.25. The number of likely N-dealkylation sites (N-methyl/N-ethyl adjacent to an activating group) is 1. The van der Waals surface area contributed by atoms with E-state index in [0.29, 0.717) is 12.8 Å². The molecule has 0 bridgehead atoms. The first-order chi connectivity index (χ1) is 13.0. The zero-order valence-corrected chi connectivity index (χ0v) is 15.9. The lowest BCUT2D eigenvalue weighted by Gasteiger charge is -2.36. The van der Waals surface area contributed by atoms with Gasteiger partial charge in [-0.05, 0) is 35.1 Å². The number of hydrogen-bond acceptors (Lipinski definition) is 3. The molecule has 1 aliphatic carbocycles. The SMILES string of the molecule is CCC(CC)(C(=O)O)N(C)C(=O)OCC1c2ccccc2-c2ccccc21. The van der Waals surface area contributed by atoms with Gasteiger partial charge in [0.2, 0.25) is 0 Å². The first-order valence-electron chi connectivity index (χ1n) is 9.28. The summed E-state index contributed by atoms with van der Waals surface area (Å²) in [6.45, 7) is 3.72. The smallest absolute Gasteiger partial charge is 0.410 e. The van der Waals surface area contributed by atoms with Gasteiger partial charge in [0.05, 0.1) is 0 Å². The number of fused-ring (bicyclic) bond motifs is 3. The number of nitrogens with zero attached hydrogens (tertiary/aromatic N) is 1. The molecule has 0 spiro atoms. The number of aliphatic carboxylic acids is 1. The van der Waals surface area contributed by atoms with Crippen LogP contribution >= 0.6 is 0 Å². The van der Waals surface area contributed by atoms with Gasteiger partial charge in [-0.25, -0.2) is 9.59 Å². The Kier molecular flexibility index (Phi) is 5.22. The Labute approximate surface area is 159 Å². The van der Waals surface area contributed by atoms with Gasteiger partial charge in [-0.2, -0.15) is 0 Å². The molecule has 0 aliphatic heterocycles. The maximum Gasteiger partial charge on any atom is 0.410 e. The Morgan fingerprint density at radius 2 is 1.48 bits per heavy atom. The zero-order chi connectivity index (χ0) is 19.6. The molecule has 0 fully saturated rings. The number of amides is 1. The largest absolute Gasteiger partial charge is 0.479 e. The third-order valence-corrected chi connectivity index (χ3v) is 5.82. The molecule has 3 rings (SSSR count). The molecular formula is C22H25NO4. The predicted octanol–water partition coefficient (Wildman–Crippen LogP) is 4.51. The van der Waals surface area contributed by atoms with E-state index in [1.807, 2.05) is 24.3 Å². The van der Waals surface area contributed by atoms with Crippen LogP contribution in [0, 0.1) is 0 Å². The summed E-state index contributed by atoms with van der Waals surface area (Å²) >= 11 is 0. The van der Waals surface area contributed by atoms with Gasteiger partial charge >= 0.3 is 12.1 Å². The second kappa shape index (κ2) is 7.43. The third-order valence-electron chi connectivity index (χ3n) is 5.82. The highest BCUT2D eigenvalue weighted by Gasteiger charge is 2.42. The zero-order valence-electron chi connectivity index (χ0n) is 15.9. The number of benzene rings is 2. The number of hydrogen-bond donors (Lipinski definition) is 1. The van der Waals surface area contributed by atoms with E-state index in [1.54, 1.807) is 13.8 Å². The first kappa shape index (κ1) is 19.0. The highest BCUT2D eigenvalue weighted by molar-refractivity contribution is 5.84. The van der Waals surface area contributed by atoms with E-state index in [1.165, 1.54) is 11.9 Å². The number of carbonyl (C=O) groups is 2. The van der Waals surface area contributed by atoms with E-state index in [0.717, 1.165) is 22.3 Å². The van der Waals surface area contributed by atoms with Crippen LogP contribution in [0.2, 0.25) is 0 Å². The lowest BCUT2D eigenvalue weighted by molar-refractivity contribution is -0.150. The molecule has 0 atom stereocenters. The van der Waals surface area contributed by atoms with Crippen LogP contribution in [0.3, 0.4) is 0 Å². The van der Waals surface area contributed by atoms with Crippen LogP contribution in [0.1, 0.15) is 43.7 Å². The van der Waals surface area contributed by atoms with E-state index in [2.05, 4.69) is 24.3 Å².